The van der Waals surface area contributed by atoms with Gasteiger partial charge in [-0.1, -0.05) is 59.8 Å². The molecular formula is C24H18N4O4. The Morgan fingerprint density at radius 1 is 0.969 bits per heavy atom. The zero-order valence-electron chi connectivity index (χ0n) is 17.3. The number of nitrogens with one attached hydrogen (secondary N) is 1. The number of hydrogen-bond acceptors (Lipinski definition) is 5. The Kier molecular flexibility index (Phi) is 4.48. The van der Waals surface area contributed by atoms with E-state index in [0.29, 0.717) is 16.8 Å². The SMILES string of the molecule is Cc1noc(C)c1-c1ccc(-c2nc3cc(C(=O)O)[nH]n3c(=O)c2-c2ccccc2)cc1. The number of carboxylic acid groups (broad SMARTS) is 1. The van der Waals surface area contributed by atoms with Crippen molar-refractivity contribution >= 4 is 11.6 Å². The van der Waals surface area contributed by atoms with Gasteiger partial charge in [0, 0.05) is 17.2 Å². The van der Waals surface area contributed by atoms with Gasteiger partial charge in [-0.25, -0.2) is 14.3 Å². The van der Waals surface area contributed by atoms with E-state index < -0.39 is 5.97 Å². The molecule has 3 heterocycles. The molecule has 0 saturated heterocycles. The Morgan fingerprint density at radius 2 is 1.62 bits per heavy atom. The number of hydrogen-bond donors (Lipinski definition) is 2. The molecule has 2 N–H and O–H groups in total. The van der Waals surface area contributed by atoms with Crippen molar-refractivity contribution in [1.29, 1.82) is 0 Å². The molecule has 0 radical (unpaired) electrons. The topological polar surface area (TPSA) is 113 Å². The van der Waals surface area contributed by atoms with Gasteiger partial charge in [-0.15, -0.1) is 0 Å². The first kappa shape index (κ1) is 19.5. The Hall–Kier alpha value is -4.46. The molecule has 0 unspecified atom stereocenters. The van der Waals surface area contributed by atoms with Gasteiger partial charge in [-0.05, 0) is 25.0 Å². The predicted molar refractivity (Wildman–Crippen MR) is 119 cm³/mol. The maximum atomic E-state index is 13.4. The fourth-order valence-corrected chi connectivity index (χ4v) is 3.90. The third-order valence-corrected chi connectivity index (χ3v) is 5.39. The smallest absolute Gasteiger partial charge is 0.353 e. The third-order valence-electron chi connectivity index (χ3n) is 5.39. The van der Waals surface area contributed by atoms with Gasteiger partial charge in [-0.2, -0.15) is 0 Å². The number of benzene rings is 2. The molecule has 5 rings (SSSR count). The van der Waals surface area contributed by atoms with Crippen molar-refractivity contribution in [3.63, 3.8) is 0 Å². The molecule has 2 aromatic carbocycles. The Morgan fingerprint density at radius 3 is 2.25 bits per heavy atom. The molecule has 0 atom stereocenters. The molecule has 5 aromatic rings. The second-order valence-corrected chi connectivity index (χ2v) is 7.45. The van der Waals surface area contributed by atoms with Crippen LogP contribution in [-0.2, 0) is 0 Å². The average Bonchev–Trinajstić information content (AvgIpc) is 3.38. The van der Waals surface area contributed by atoms with Crippen LogP contribution in [0, 0.1) is 13.8 Å². The van der Waals surface area contributed by atoms with Gasteiger partial charge >= 0.3 is 5.97 Å². The van der Waals surface area contributed by atoms with Crippen molar-refractivity contribution in [2.45, 2.75) is 13.8 Å². The molecule has 0 spiro atoms. The Bertz CT molecular complexity index is 1510. The highest BCUT2D eigenvalue weighted by Crippen LogP contribution is 2.32. The van der Waals surface area contributed by atoms with E-state index in [-0.39, 0.29) is 16.9 Å². The van der Waals surface area contributed by atoms with E-state index in [1.54, 1.807) is 0 Å². The molecule has 158 valence electrons. The summed E-state index contributed by atoms with van der Waals surface area (Å²) >= 11 is 0. The van der Waals surface area contributed by atoms with Crippen molar-refractivity contribution in [3.05, 3.63) is 88.2 Å². The highest BCUT2D eigenvalue weighted by Gasteiger charge is 2.20. The molecule has 8 heteroatoms. The molecular weight excluding hydrogens is 408 g/mol. The summed E-state index contributed by atoms with van der Waals surface area (Å²) in [6, 6.07) is 18.2. The van der Waals surface area contributed by atoms with E-state index in [4.69, 9.17) is 4.52 Å². The molecule has 0 saturated carbocycles. The summed E-state index contributed by atoms with van der Waals surface area (Å²) in [5.41, 5.74) is 4.70. The van der Waals surface area contributed by atoms with Crippen molar-refractivity contribution < 1.29 is 14.4 Å². The number of nitrogens with zero attached hydrogens (tertiary/aromatic N) is 3. The van der Waals surface area contributed by atoms with E-state index in [1.165, 1.54) is 6.07 Å². The van der Waals surface area contributed by atoms with E-state index in [0.717, 1.165) is 32.7 Å². The number of H-pyrrole nitrogens is 1. The van der Waals surface area contributed by atoms with Crippen LogP contribution in [0.3, 0.4) is 0 Å². The second kappa shape index (κ2) is 7.35. The van der Waals surface area contributed by atoms with E-state index in [1.807, 2.05) is 68.4 Å². The van der Waals surface area contributed by atoms with E-state index in [2.05, 4.69) is 15.2 Å². The first-order chi connectivity index (χ1) is 15.4. The minimum absolute atomic E-state index is 0.112. The van der Waals surface area contributed by atoms with Crippen LogP contribution in [0.5, 0.6) is 0 Å². The van der Waals surface area contributed by atoms with Crippen LogP contribution < -0.4 is 5.56 Å². The van der Waals surface area contributed by atoms with Crippen LogP contribution in [0.4, 0.5) is 0 Å². The number of aromatic nitrogens is 4. The first-order valence-corrected chi connectivity index (χ1v) is 9.92. The van der Waals surface area contributed by atoms with Crippen LogP contribution >= 0.6 is 0 Å². The van der Waals surface area contributed by atoms with Gasteiger partial charge < -0.3 is 9.63 Å². The Balaban J connectivity index is 1.74. The summed E-state index contributed by atoms with van der Waals surface area (Å²) in [6.45, 7) is 3.74. The molecule has 0 aliphatic carbocycles. The normalized spacial score (nSPS) is 11.2. The van der Waals surface area contributed by atoms with Gasteiger partial charge in [-0.3, -0.25) is 9.89 Å². The highest BCUT2D eigenvalue weighted by molar-refractivity contribution is 5.88. The molecule has 3 aromatic heterocycles. The van der Waals surface area contributed by atoms with Gasteiger partial charge in [0.05, 0.1) is 17.0 Å². The minimum atomic E-state index is -1.17. The number of rotatable bonds is 4. The molecule has 0 aliphatic rings. The monoisotopic (exact) mass is 426 g/mol. The number of aryl methyl sites for hydroxylation is 2. The van der Waals surface area contributed by atoms with Crippen LogP contribution in [-0.4, -0.2) is 30.8 Å². The molecule has 0 aliphatic heterocycles. The van der Waals surface area contributed by atoms with Gasteiger partial charge in [0.2, 0.25) is 0 Å². The number of fused-ring (bicyclic) bond motifs is 1. The Labute approximate surface area is 181 Å². The summed E-state index contributed by atoms with van der Waals surface area (Å²) in [7, 11) is 0. The largest absolute Gasteiger partial charge is 0.477 e. The average molecular weight is 426 g/mol. The lowest BCUT2D eigenvalue weighted by Gasteiger charge is -2.10. The van der Waals surface area contributed by atoms with Gasteiger partial charge in [0.1, 0.15) is 11.5 Å². The fraction of sp³-hybridized carbons (Fsp3) is 0.0833. The van der Waals surface area contributed by atoms with Crippen molar-refractivity contribution in [2.75, 3.05) is 0 Å². The molecule has 0 bridgehead atoms. The number of aromatic amines is 1. The van der Waals surface area contributed by atoms with Crippen LogP contribution in [0.2, 0.25) is 0 Å². The number of carbonyl (C=O) groups is 1. The maximum absolute atomic E-state index is 13.4. The molecule has 32 heavy (non-hydrogen) atoms. The van der Waals surface area contributed by atoms with Crippen molar-refractivity contribution in [3.8, 4) is 33.5 Å². The predicted octanol–water partition coefficient (Wildman–Crippen LogP) is 4.33. The molecule has 0 amide bonds. The lowest BCUT2D eigenvalue weighted by molar-refractivity contribution is 0.0690. The van der Waals surface area contributed by atoms with Gasteiger partial charge in [0.25, 0.3) is 5.56 Å². The van der Waals surface area contributed by atoms with Crippen molar-refractivity contribution in [2.24, 2.45) is 0 Å². The summed E-state index contributed by atoms with van der Waals surface area (Å²) in [5.74, 6) is -0.437. The van der Waals surface area contributed by atoms with Crippen LogP contribution in [0.1, 0.15) is 21.9 Å². The first-order valence-electron chi connectivity index (χ1n) is 9.92. The zero-order valence-corrected chi connectivity index (χ0v) is 17.3. The summed E-state index contributed by atoms with van der Waals surface area (Å²) in [4.78, 5) is 29.4. The zero-order chi connectivity index (χ0) is 22.4. The van der Waals surface area contributed by atoms with E-state index in [9.17, 15) is 14.7 Å². The van der Waals surface area contributed by atoms with Crippen LogP contribution in [0.15, 0.2) is 70.0 Å². The summed E-state index contributed by atoms with van der Waals surface area (Å²) in [5, 5.41) is 16.0. The molecule has 8 nitrogen and oxygen atoms in total. The highest BCUT2D eigenvalue weighted by atomic mass is 16.5. The lowest BCUT2D eigenvalue weighted by atomic mass is 9.97. The van der Waals surface area contributed by atoms with Crippen molar-refractivity contribution in [1.82, 2.24) is 19.8 Å². The number of aromatic carboxylic acids is 1. The number of carboxylic acids is 1. The molecule has 0 fully saturated rings. The summed E-state index contributed by atoms with van der Waals surface area (Å²) in [6.07, 6.45) is 0. The van der Waals surface area contributed by atoms with E-state index >= 15 is 0 Å². The quantitative estimate of drug-likeness (QED) is 0.442. The third kappa shape index (κ3) is 3.09. The maximum Gasteiger partial charge on any atom is 0.353 e. The lowest BCUT2D eigenvalue weighted by Crippen LogP contribution is -2.19. The van der Waals surface area contributed by atoms with Crippen LogP contribution in [0.25, 0.3) is 39.2 Å². The summed E-state index contributed by atoms with van der Waals surface area (Å²) < 4.78 is 6.43. The standard InChI is InChI=1S/C24H18N4O4/c1-13-20(14(2)32-27-13)16-8-10-17(11-9-16)22-21(15-6-4-3-5-7-15)23(29)28-19(25-22)12-18(26-28)24(30)31/h3-12,26H,1-2H3,(H,30,31). The second-order valence-electron chi connectivity index (χ2n) is 7.45. The van der Waals surface area contributed by atoms with Gasteiger partial charge in [0.15, 0.2) is 5.65 Å². The minimum Gasteiger partial charge on any atom is -0.477 e. The fourth-order valence-electron chi connectivity index (χ4n) is 3.90.